The lowest BCUT2D eigenvalue weighted by molar-refractivity contribution is -0.126. The average molecular weight is 399 g/mol. The number of ether oxygens (including phenoxy) is 3. The standard InChI is InChI=1S/C19H27ClN2O5/c1-12(2)27-7-5-6-21-19(24)13-8-18(23)22(11-13)15-9-14(20)16(25-3)10-17(15)26-4/h9-10,12-13H,5-8,11H2,1-4H3,(H,21,24). The van der Waals surface area contributed by atoms with Gasteiger partial charge in [-0.15, -0.1) is 0 Å². The lowest BCUT2D eigenvalue weighted by Crippen LogP contribution is -2.34. The fourth-order valence-corrected chi connectivity index (χ4v) is 3.15. The first-order chi connectivity index (χ1) is 12.9. The van der Waals surface area contributed by atoms with Crippen LogP contribution in [-0.4, -0.2) is 51.8 Å². The van der Waals surface area contributed by atoms with Crippen LogP contribution in [0.3, 0.4) is 0 Å². The number of halogens is 1. The summed E-state index contributed by atoms with van der Waals surface area (Å²) >= 11 is 6.19. The molecule has 0 radical (unpaired) electrons. The van der Waals surface area contributed by atoms with Gasteiger partial charge in [-0.2, -0.15) is 0 Å². The summed E-state index contributed by atoms with van der Waals surface area (Å²) in [5.41, 5.74) is 0.536. The van der Waals surface area contributed by atoms with Crippen molar-refractivity contribution in [2.75, 3.05) is 38.8 Å². The number of carbonyl (C=O) groups is 2. The number of amides is 2. The van der Waals surface area contributed by atoms with Gasteiger partial charge in [-0.1, -0.05) is 11.6 Å². The number of anilines is 1. The number of carbonyl (C=O) groups excluding carboxylic acids is 2. The Kier molecular flexibility index (Phi) is 7.74. The Morgan fingerprint density at radius 2 is 2.00 bits per heavy atom. The van der Waals surface area contributed by atoms with E-state index in [1.54, 1.807) is 12.1 Å². The minimum absolute atomic E-state index is 0.131. The lowest BCUT2D eigenvalue weighted by atomic mass is 10.1. The minimum Gasteiger partial charge on any atom is -0.495 e. The molecule has 0 saturated carbocycles. The third kappa shape index (κ3) is 5.49. The maximum atomic E-state index is 12.5. The molecule has 27 heavy (non-hydrogen) atoms. The number of hydrogen-bond donors (Lipinski definition) is 1. The van der Waals surface area contributed by atoms with Crippen LogP contribution in [0.2, 0.25) is 5.02 Å². The molecule has 8 heteroatoms. The number of rotatable bonds is 9. The molecule has 150 valence electrons. The smallest absolute Gasteiger partial charge is 0.227 e. The molecule has 1 saturated heterocycles. The molecule has 0 aliphatic carbocycles. The normalized spacial score (nSPS) is 16.7. The van der Waals surface area contributed by atoms with Crippen LogP contribution in [0.25, 0.3) is 0 Å². The molecule has 1 N–H and O–H groups in total. The van der Waals surface area contributed by atoms with E-state index in [2.05, 4.69) is 5.32 Å². The summed E-state index contributed by atoms with van der Waals surface area (Å²) in [5.74, 6) is 0.249. The zero-order valence-electron chi connectivity index (χ0n) is 16.2. The van der Waals surface area contributed by atoms with Gasteiger partial charge in [0.15, 0.2) is 0 Å². The zero-order chi connectivity index (χ0) is 20.0. The second-order valence-electron chi connectivity index (χ2n) is 6.63. The Balaban J connectivity index is 1.99. The molecule has 0 aromatic heterocycles. The molecular formula is C19H27ClN2O5. The summed E-state index contributed by atoms with van der Waals surface area (Å²) in [6.45, 7) is 5.34. The largest absolute Gasteiger partial charge is 0.495 e. The molecule has 0 bridgehead atoms. The number of methoxy groups -OCH3 is 2. The number of nitrogens with zero attached hydrogens (tertiary/aromatic N) is 1. The van der Waals surface area contributed by atoms with Gasteiger partial charge in [0.2, 0.25) is 11.8 Å². The van der Waals surface area contributed by atoms with E-state index in [0.717, 1.165) is 6.42 Å². The molecule has 7 nitrogen and oxygen atoms in total. The van der Waals surface area contributed by atoms with E-state index in [9.17, 15) is 9.59 Å². The van der Waals surface area contributed by atoms with Crippen LogP contribution in [0, 0.1) is 5.92 Å². The summed E-state index contributed by atoms with van der Waals surface area (Å²) in [4.78, 5) is 26.4. The summed E-state index contributed by atoms with van der Waals surface area (Å²) in [6.07, 6.45) is 1.06. The average Bonchev–Trinajstić information content (AvgIpc) is 3.02. The van der Waals surface area contributed by atoms with Crippen LogP contribution in [0.5, 0.6) is 11.5 Å². The molecule has 1 fully saturated rings. The van der Waals surface area contributed by atoms with Crippen LogP contribution in [0.4, 0.5) is 5.69 Å². The molecule has 1 aromatic carbocycles. The molecule has 1 unspecified atom stereocenters. The van der Waals surface area contributed by atoms with Crippen molar-refractivity contribution in [2.45, 2.75) is 32.8 Å². The van der Waals surface area contributed by atoms with Gasteiger partial charge in [0.25, 0.3) is 0 Å². The summed E-state index contributed by atoms with van der Waals surface area (Å²) in [7, 11) is 3.02. The zero-order valence-corrected chi connectivity index (χ0v) is 17.0. The van der Waals surface area contributed by atoms with E-state index in [1.165, 1.54) is 19.1 Å². The van der Waals surface area contributed by atoms with Gasteiger partial charge in [-0.25, -0.2) is 0 Å². The maximum Gasteiger partial charge on any atom is 0.227 e. The molecule has 2 rings (SSSR count). The first kappa shape index (κ1) is 21.3. The SMILES string of the molecule is COc1cc(OC)c(N2CC(C(=O)NCCCOC(C)C)CC2=O)cc1Cl. The third-order valence-corrected chi connectivity index (χ3v) is 4.61. The Morgan fingerprint density at radius 1 is 1.30 bits per heavy atom. The van der Waals surface area contributed by atoms with Crippen molar-refractivity contribution >= 4 is 29.1 Å². The summed E-state index contributed by atoms with van der Waals surface area (Å²) in [5, 5.41) is 3.25. The predicted octanol–water partition coefficient (Wildman–Crippen LogP) is 2.64. The van der Waals surface area contributed by atoms with E-state index in [1.807, 2.05) is 13.8 Å². The Morgan fingerprint density at radius 3 is 2.63 bits per heavy atom. The van der Waals surface area contributed by atoms with E-state index in [-0.39, 0.29) is 30.9 Å². The van der Waals surface area contributed by atoms with Gasteiger partial charge in [0.1, 0.15) is 11.5 Å². The summed E-state index contributed by atoms with van der Waals surface area (Å²) in [6, 6.07) is 3.26. The second-order valence-corrected chi connectivity index (χ2v) is 7.04. The highest BCUT2D eigenvalue weighted by Crippen LogP contribution is 2.40. The monoisotopic (exact) mass is 398 g/mol. The van der Waals surface area contributed by atoms with Crippen molar-refractivity contribution in [1.29, 1.82) is 0 Å². The van der Waals surface area contributed by atoms with E-state index >= 15 is 0 Å². The van der Waals surface area contributed by atoms with Crippen LogP contribution in [-0.2, 0) is 14.3 Å². The minimum atomic E-state index is -0.408. The fourth-order valence-electron chi connectivity index (χ4n) is 2.92. The molecule has 1 aliphatic heterocycles. The van der Waals surface area contributed by atoms with Crippen molar-refractivity contribution in [3.05, 3.63) is 17.2 Å². The van der Waals surface area contributed by atoms with Crippen LogP contribution < -0.4 is 19.7 Å². The van der Waals surface area contributed by atoms with Crippen LogP contribution >= 0.6 is 11.6 Å². The second kappa shape index (κ2) is 9.80. The molecule has 1 heterocycles. The third-order valence-electron chi connectivity index (χ3n) is 4.31. The highest BCUT2D eigenvalue weighted by Gasteiger charge is 2.36. The highest BCUT2D eigenvalue weighted by atomic mass is 35.5. The van der Waals surface area contributed by atoms with Crippen LogP contribution in [0.1, 0.15) is 26.7 Å². The first-order valence-corrected chi connectivity index (χ1v) is 9.36. The molecule has 1 aromatic rings. The van der Waals surface area contributed by atoms with Crippen molar-refractivity contribution in [3.63, 3.8) is 0 Å². The van der Waals surface area contributed by atoms with Gasteiger partial charge < -0.3 is 24.4 Å². The number of hydrogen-bond acceptors (Lipinski definition) is 5. The van der Waals surface area contributed by atoms with Gasteiger partial charge >= 0.3 is 0 Å². The van der Waals surface area contributed by atoms with Crippen molar-refractivity contribution in [3.8, 4) is 11.5 Å². The molecule has 0 spiro atoms. The van der Waals surface area contributed by atoms with Crippen LogP contribution in [0.15, 0.2) is 12.1 Å². The summed E-state index contributed by atoms with van der Waals surface area (Å²) < 4.78 is 16.0. The molecule has 2 amide bonds. The van der Waals surface area contributed by atoms with Crippen molar-refractivity contribution in [1.82, 2.24) is 5.32 Å². The maximum absolute atomic E-state index is 12.5. The Labute approximate surface area is 164 Å². The molecular weight excluding hydrogens is 372 g/mol. The molecule has 1 aliphatic rings. The fraction of sp³-hybridized carbons (Fsp3) is 0.579. The van der Waals surface area contributed by atoms with E-state index < -0.39 is 5.92 Å². The predicted molar refractivity (Wildman–Crippen MR) is 104 cm³/mol. The topological polar surface area (TPSA) is 77.1 Å². The number of nitrogens with one attached hydrogen (secondary N) is 1. The first-order valence-electron chi connectivity index (χ1n) is 8.98. The molecule has 1 atom stereocenters. The van der Waals surface area contributed by atoms with Gasteiger partial charge in [-0.3, -0.25) is 9.59 Å². The van der Waals surface area contributed by atoms with Crippen molar-refractivity contribution < 1.29 is 23.8 Å². The Hall–Kier alpha value is -1.99. The lowest BCUT2D eigenvalue weighted by Gasteiger charge is -2.21. The highest BCUT2D eigenvalue weighted by molar-refractivity contribution is 6.32. The number of benzene rings is 1. The van der Waals surface area contributed by atoms with Gasteiger partial charge in [0.05, 0.1) is 37.0 Å². The Bertz CT molecular complexity index is 680. The van der Waals surface area contributed by atoms with E-state index in [4.69, 9.17) is 25.8 Å². The van der Waals surface area contributed by atoms with E-state index in [0.29, 0.717) is 35.4 Å². The van der Waals surface area contributed by atoms with Gasteiger partial charge in [-0.05, 0) is 26.3 Å². The quantitative estimate of drug-likeness (QED) is 0.647. The van der Waals surface area contributed by atoms with Crippen molar-refractivity contribution in [2.24, 2.45) is 5.92 Å². The van der Waals surface area contributed by atoms with Gasteiger partial charge in [0, 0.05) is 32.2 Å².